The van der Waals surface area contributed by atoms with E-state index in [9.17, 15) is 0 Å². The maximum Gasteiger partial charge on any atom is 0.0165 e. The molecule has 0 aromatic heterocycles. The lowest BCUT2D eigenvalue weighted by atomic mass is 9.63. The minimum absolute atomic E-state index is 0.707. The van der Waals surface area contributed by atoms with Gasteiger partial charge in [0.1, 0.15) is 0 Å². The monoisotopic (exact) mass is 208 g/mol. The Morgan fingerprint density at radius 1 is 1.13 bits per heavy atom. The molecule has 0 bridgehead atoms. The maximum absolute atomic E-state index is 2.80. The van der Waals surface area contributed by atoms with Crippen LogP contribution in [-0.4, -0.2) is 49.1 Å². The maximum atomic E-state index is 2.80. The Morgan fingerprint density at radius 3 is 2.47 bits per heavy atom. The van der Waals surface area contributed by atoms with E-state index in [4.69, 9.17) is 0 Å². The summed E-state index contributed by atoms with van der Waals surface area (Å²) in [6, 6.07) is 0.937. The van der Waals surface area contributed by atoms with Crippen LogP contribution in [0.5, 0.6) is 0 Å². The highest BCUT2D eigenvalue weighted by atomic mass is 15.2. The Morgan fingerprint density at radius 2 is 2.00 bits per heavy atom. The predicted molar refractivity (Wildman–Crippen MR) is 62.9 cm³/mol. The number of hydrogen-bond acceptors (Lipinski definition) is 2. The van der Waals surface area contributed by atoms with Crippen molar-refractivity contribution in [3.63, 3.8) is 0 Å². The van der Waals surface area contributed by atoms with Crippen molar-refractivity contribution in [3.05, 3.63) is 0 Å². The summed E-state index contributed by atoms with van der Waals surface area (Å²) in [6.07, 6.45) is 5.86. The quantitative estimate of drug-likeness (QED) is 0.648. The first kappa shape index (κ1) is 10.1. The van der Waals surface area contributed by atoms with Gasteiger partial charge in [-0.1, -0.05) is 6.92 Å². The molecule has 3 aliphatic rings. The molecule has 3 fully saturated rings. The van der Waals surface area contributed by atoms with E-state index in [2.05, 4.69) is 23.8 Å². The second kappa shape index (κ2) is 3.46. The minimum atomic E-state index is 0.707. The number of likely N-dealkylation sites (tertiary alicyclic amines) is 2. The third-order valence-electron chi connectivity index (χ3n) is 5.09. The van der Waals surface area contributed by atoms with Gasteiger partial charge in [-0.2, -0.15) is 0 Å². The molecular weight excluding hydrogens is 184 g/mol. The van der Waals surface area contributed by atoms with E-state index in [1.54, 1.807) is 0 Å². The topological polar surface area (TPSA) is 6.48 Å². The fraction of sp³-hybridized carbons (Fsp3) is 1.00. The molecule has 3 rings (SSSR count). The molecule has 1 aliphatic carbocycles. The summed E-state index contributed by atoms with van der Waals surface area (Å²) in [5.41, 5.74) is 0.707. The summed E-state index contributed by atoms with van der Waals surface area (Å²) in [5, 5.41) is 0. The summed E-state index contributed by atoms with van der Waals surface area (Å²) >= 11 is 0. The molecule has 2 heterocycles. The van der Waals surface area contributed by atoms with Crippen LogP contribution in [-0.2, 0) is 0 Å². The van der Waals surface area contributed by atoms with E-state index in [1.165, 1.54) is 51.9 Å². The molecule has 1 saturated carbocycles. The lowest BCUT2D eigenvalue weighted by molar-refractivity contribution is -0.00746. The van der Waals surface area contributed by atoms with Gasteiger partial charge in [0.15, 0.2) is 0 Å². The third-order valence-corrected chi connectivity index (χ3v) is 5.09. The standard InChI is InChI=1S/C13H24N2/c1-11-4-7-15(9-11)12-3-5-13(12)6-8-14(2)10-13/h11-12H,3-10H2,1-2H3. The molecule has 2 heteroatoms. The van der Waals surface area contributed by atoms with Crippen LogP contribution in [0.25, 0.3) is 0 Å². The Bertz CT molecular complexity index is 253. The van der Waals surface area contributed by atoms with Crippen LogP contribution in [0, 0.1) is 11.3 Å². The highest BCUT2D eigenvalue weighted by Gasteiger charge is 2.52. The van der Waals surface area contributed by atoms with Gasteiger partial charge in [-0.3, -0.25) is 4.90 Å². The highest BCUT2D eigenvalue weighted by molar-refractivity contribution is 5.06. The molecule has 0 aromatic rings. The molecule has 86 valence electrons. The van der Waals surface area contributed by atoms with Gasteiger partial charge in [-0.25, -0.2) is 0 Å². The summed E-state index contributed by atoms with van der Waals surface area (Å²) in [7, 11) is 2.29. The van der Waals surface area contributed by atoms with Crippen molar-refractivity contribution in [1.82, 2.24) is 9.80 Å². The van der Waals surface area contributed by atoms with E-state index < -0.39 is 0 Å². The molecule has 3 atom stereocenters. The zero-order valence-corrected chi connectivity index (χ0v) is 10.2. The van der Waals surface area contributed by atoms with Crippen LogP contribution in [0.2, 0.25) is 0 Å². The zero-order chi connectivity index (χ0) is 10.5. The van der Waals surface area contributed by atoms with Crippen LogP contribution in [0.3, 0.4) is 0 Å². The molecule has 0 amide bonds. The summed E-state index contributed by atoms with van der Waals surface area (Å²) < 4.78 is 0. The lowest BCUT2D eigenvalue weighted by Gasteiger charge is -2.51. The van der Waals surface area contributed by atoms with E-state index in [-0.39, 0.29) is 0 Å². The first-order valence-corrected chi connectivity index (χ1v) is 6.62. The average Bonchev–Trinajstić information content (AvgIpc) is 2.73. The molecule has 2 nitrogen and oxygen atoms in total. The summed E-state index contributed by atoms with van der Waals surface area (Å²) in [6.45, 7) is 7.85. The van der Waals surface area contributed by atoms with Crippen molar-refractivity contribution in [2.45, 2.75) is 38.6 Å². The second-order valence-electron chi connectivity index (χ2n) is 6.29. The van der Waals surface area contributed by atoms with E-state index >= 15 is 0 Å². The fourth-order valence-corrected chi connectivity index (χ4v) is 4.09. The van der Waals surface area contributed by atoms with E-state index in [0.29, 0.717) is 5.41 Å². The molecule has 1 spiro atoms. The van der Waals surface area contributed by atoms with Gasteiger partial charge in [0.25, 0.3) is 0 Å². The number of hydrogen-bond donors (Lipinski definition) is 0. The molecule has 3 unspecified atom stereocenters. The Labute approximate surface area is 93.6 Å². The normalized spacial score (nSPS) is 47.6. The van der Waals surface area contributed by atoms with E-state index in [1.807, 2.05) is 0 Å². The van der Waals surface area contributed by atoms with Gasteiger partial charge in [0.05, 0.1) is 0 Å². The minimum Gasteiger partial charge on any atom is -0.306 e. The van der Waals surface area contributed by atoms with Gasteiger partial charge in [0.2, 0.25) is 0 Å². The van der Waals surface area contributed by atoms with Gasteiger partial charge >= 0.3 is 0 Å². The van der Waals surface area contributed by atoms with Crippen LogP contribution < -0.4 is 0 Å². The van der Waals surface area contributed by atoms with Crippen molar-refractivity contribution >= 4 is 0 Å². The van der Waals surface area contributed by atoms with Crippen molar-refractivity contribution in [2.24, 2.45) is 11.3 Å². The van der Waals surface area contributed by atoms with Gasteiger partial charge in [0, 0.05) is 19.1 Å². The molecule has 0 radical (unpaired) electrons. The second-order valence-corrected chi connectivity index (χ2v) is 6.29. The fourth-order valence-electron chi connectivity index (χ4n) is 4.09. The van der Waals surface area contributed by atoms with Crippen LogP contribution in [0.4, 0.5) is 0 Å². The molecule has 2 saturated heterocycles. The van der Waals surface area contributed by atoms with Crippen molar-refractivity contribution < 1.29 is 0 Å². The highest BCUT2D eigenvalue weighted by Crippen LogP contribution is 2.51. The van der Waals surface area contributed by atoms with Gasteiger partial charge < -0.3 is 4.90 Å². The lowest BCUT2D eigenvalue weighted by Crippen LogP contribution is -2.55. The third kappa shape index (κ3) is 1.53. The Hall–Kier alpha value is -0.0800. The largest absolute Gasteiger partial charge is 0.306 e. The first-order chi connectivity index (χ1) is 7.20. The van der Waals surface area contributed by atoms with Crippen LogP contribution >= 0.6 is 0 Å². The summed E-state index contributed by atoms with van der Waals surface area (Å²) in [4.78, 5) is 5.33. The van der Waals surface area contributed by atoms with Crippen molar-refractivity contribution in [1.29, 1.82) is 0 Å². The van der Waals surface area contributed by atoms with E-state index in [0.717, 1.165) is 12.0 Å². The van der Waals surface area contributed by atoms with Crippen LogP contribution in [0.15, 0.2) is 0 Å². The zero-order valence-electron chi connectivity index (χ0n) is 10.2. The number of rotatable bonds is 1. The predicted octanol–water partition coefficient (Wildman–Crippen LogP) is 1.81. The smallest absolute Gasteiger partial charge is 0.0165 e. The number of nitrogens with zero attached hydrogens (tertiary/aromatic N) is 2. The molecule has 2 aliphatic heterocycles. The molecule has 0 N–H and O–H groups in total. The Balaban J connectivity index is 1.68. The SMILES string of the molecule is CC1CCN(C2CCC23CCN(C)C3)C1. The van der Waals surface area contributed by atoms with Crippen molar-refractivity contribution in [3.8, 4) is 0 Å². The average molecular weight is 208 g/mol. The van der Waals surface area contributed by atoms with Crippen molar-refractivity contribution in [2.75, 3.05) is 33.2 Å². The first-order valence-electron chi connectivity index (χ1n) is 6.62. The molecule has 0 aromatic carbocycles. The Kier molecular flexibility index (Phi) is 2.33. The molecular formula is C13H24N2. The van der Waals surface area contributed by atoms with Crippen LogP contribution in [0.1, 0.15) is 32.6 Å². The van der Waals surface area contributed by atoms with Gasteiger partial charge in [-0.15, -0.1) is 0 Å². The van der Waals surface area contributed by atoms with Gasteiger partial charge in [-0.05, 0) is 57.2 Å². The summed E-state index contributed by atoms with van der Waals surface area (Å²) in [5.74, 6) is 0.946. The molecule has 15 heavy (non-hydrogen) atoms.